The van der Waals surface area contributed by atoms with E-state index in [0.717, 1.165) is 42.1 Å². The van der Waals surface area contributed by atoms with Gasteiger partial charge in [-0.1, -0.05) is 12.1 Å². The summed E-state index contributed by atoms with van der Waals surface area (Å²) < 4.78 is 6.44. The van der Waals surface area contributed by atoms with Crippen LogP contribution in [-0.4, -0.2) is 41.2 Å². The fraction of sp³-hybridized carbons (Fsp3) is 0.364. The van der Waals surface area contributed by atoms with Crippen LogP contribution in [0.15, 0.2) is 53.4 Å². The summed E-state index contributed by atoms with van der Waals surface area (Å²) >= 11 is 3.40. The molecule has 0 N–H and O–H groups in total. The van der Waals surface area contributed by atoms with Gasteiger partial charge < -0.3 is 9.64 Å². The molecule has 0 saturated carbocycles. The van der Waals surface area contributed by atoms with Gasteiger partial charge >= 0.3 is 0 Å². The van der Waals surface area contributed by atoms with Crippen molar-refractivity contribution in [3.8, 4) is 5.75 Å². The molecule has 0 spiro atoms. The summed E-state index contributed by atoms with van der Waals surface area (Å²) in [6.07, 6.45) is 1.98. The first-order chi connectivity index (χ1) is 13.6. The number of likely N-dealkylation sites (tertiary alicyclic amines) is 1. The number of thiazole rings is 1. The molecule has 0 radical (unpaired) electrons. The number of aromatic nitrogens is 1. The first-order valence-electron chi connectivity index (χ1n) is 9.59. The minimum absolute atomic E-state index is 0.0904. The van der Waals surface area contributed by atoms with E-state index >= 15 is 0 Å². The molecule has 2 heterocycles. The van der Waals surface area contributed by atoms with Gasteiger partial charge in [-0.15, -0.1) is 23.1 Å². The molecule has 4 nitrogen and oxygen atoms in total. The highest BCUT2D eigenvalue weighted by molar-refractivity contribution is 8.00. The van der Waals surface area contributed by atoms with Gasteiger partial charge in [0, 0.05) is 23.9 Å². The number of carbonyl (C=O) groups is 1. The number of amides is 1. The fourth-order valence-corrected chi connectivity index (χ4v) is 5.67. The standard InChI is InChI=1S/C22H24N2O2S2/c1-15(27-18-9-7-17(26-2)8-10-18)22(25)24-13-11-16(12-14-24)21-23-19-5-3-4-6-20(19)28-21/h3-10,15-16H,11-14H2,1-2H3. The predicted molar refractivity (Wildman–Crippen MR) is 116 cm³/mol. The molecule has 1 atom stereocenters. The van der Waals surface area contributed by atoms with Crippen molar-refractivity contribution in [3.63, 3.8) is 0 Å². The summed E-state index contributed by atoms with van der Waals surface area (Å²) in [6, 6.07) is 16.2. The maximum atomic E-state index is 12.9. The van der Waals surface area contributed by atoms with Gasteiger partial charge in [0.1, 0.15) is 5.75 Å². The number of carbonyl (C=O) groups excluding carboxylic acids is 1. The van der Waals surface area contributed by atoms with Crippen LogP contribution in [0.4, 0.5) is 0 Å². The Bertz CT molecular complexity index is 914. The Morgan fingerprint density at radius 2 is 1.89 bits per heavy atom. The van der Waals surface area contributed by atoms with E-state index in [4.69, 9.17) is 9.72 Å². The average molecular weight is 413 g/mol. The second-order valence-electron chi connectivity index (χ2n) is 7.05. The topological polar surface area (TPSA) is 42.4 Å². The molecule has 1 amide bonds. The van der Waals surface area contributed by atoms with Gasteiger partial charge in [0.15, 0.2) is 0 Å². The molecule has 0 aliphatic carbocycles. The van der Waals surface area contributed by atoms with Crippen LogP contribution >= 0.6 is 23.1 Å². The molecule has 1 unspecified atom stereocenters. The number of methoxy groups -OCH3 is 1. The highest BCUT2D eigenvalue weighted by atomic mass is 32.2. The second kappa shape index (κ2) is 8.53. The quantitative estimate of drug-likeness (QED) is 0.541. The van der Waals surface area contributed by atoms with Crippen LogP contribution < -0.4 is 4.74 Å². The molecule has 0 bridgehead atoms. The zero-order chi connectivity index (χ0) is 19.5. The molecule has 1 aliphatic rings. The lowest BCUT2D eigenvalue weighted by Gasteiger charge is -2.32. The highest BCUT2D eigenvalue weighted by Gasteiger charge is 2.28. The zero-order valence-corrected chi connectivity index (χ0v) is 17.8. The van der Waals surface area contributed by atoms with Crippen molar-refractivity contribution < 1.29 is 9.53 Å². The molecule has 6 heteroatoms. The van der Waals surface area contributed by atoms with Crippen LogP contribution in [0.3, 0.4) is 0 Å². The number of benzene rings is 2. The van der Waals surface area contributed by atoms with Gasteiger partial charge in [0.05, 0.1) is 27.6 Å². The number of rotatable bonds is 5. The normalized spacial score (nSPS) is 16.3. The fourth-order valence-electron chi connectivity index (χ4n) is 3.58. The number of thioether (sulfide) groups is 1. The molecule has 1 aliphatic heterocycles. The Morgan fingerprint density at radius 1 is 1.18 bits per heavy atom. The molecule has 28 heavy (non-hydrogen) atoms. The Hall–Kier alpha value is -2.05. The van der Waals surface area contributed by atoms with Crippen molar-refractivity contribution in [3.05, 3.63) is 53.5 Å². The molecule has 146 valence electrons. The molecular formula is C22H24N2O2S2. The van der Waals surface area contributed by atoms with E-state index < -0.39 is 0 Å². The van der Waals surface area contributed by atoms with Crippen molar-refractivity contribution in [1.29, 1.82) is 0 Å². The summed E-state index contributed by atoms with van der Waals surface area (Å²) in [7, 11) is 1.66. The van der Waals surface area contributed by atoms with E-state index in [1.807, 2.05) is 42.2 Å². The first kappa shape index (κ1) is 19.3. The van der Waals surface area contributed by atoms with Crippen molar-refractivity contribution in [2.24, 2.45) is 0 Å². The van der Waals surface area contributed by atoms with E-state index in [9.17, 15) is 4.79 Å². The number of hydrogen-bond acceptors (Lipinski definition) is 5. The van der Waals surface area contributed by atoms with Gasteiger partial charge in [-0.05, 0) is 56.2 Å². The second-order valence-corrected chi connectivity index (χ2v) is 9.53. The smallest absolute Gasteiger partial charge is 0.235 e. The van der Waals surface area contributed by atoms with Gasteiger partial charge in [-0.25, -0.2) is 4.98 Å². The van der Waals surface area contributed by atoms with Crippen LogP contribution in [0, 0.1) is 0 Å². The SMILES string of the molecule is COc1ccc(SC(C)C(=O)N2CCC(c3nc4ccccc4s3)CC2)cc1. The third-order valence-corrected chi connectivity index (χ3v) is 7.48. The lowest BCUT2D eigenvalue weighted by molar-refractivity contribution is -0.131. The lowest BCUT2D eigenvalue weighted by Crippen LogP contribution is -2.41. The number of piperidine rings is 1. The molecule has 1 saturated heterocycles. The maximum absolute atomic E-state index is 12.9. The number of nitrogens with zero attached hydrogens (tertiary/aromatic N) is 2. The minimum Gasteiger partial charge on any atom is -0.497 e. The number of hydrogen-bond donors (Lipinski definition) is 0. The Labute approximate surface area is 173 Å². The van der Waals surface area contributed by atoms with Crippen LogP contribution in [0.1, 0.15) is 30.7 Å². The van der Waals surface area contributed by atoms with E-state index in [1.54, 1.807) is 30.2 Å². The molecule has 2 aromatic carbocycles. The molecule has 1 fully saturated rings. The molecule has 4 rings (SSSR count). The average Bonchev–Trinajstić information content (AvgIpc) is 3.18. The summed E-state index contributed by atoms with van der Waals surface area (Å²) in [5.41, 5.74) is 1.09. The Kier molecular flexibility index (Phi) is 5.87. The van der Waals surface area contributed by atoms with Crippen LogP contribution in [-0.2, 0) is 4.79 Å². The number of fused-ring (bicyclic) bond motifs is 1. The van der Waals surface area contributed by atoms with Crippen molar-refractivity contribution >= 4 is 39.2 Å². The summed E-state index contributed by atoms with van der Waals surface area (Å²) in [5, 5.41) is 1.13. The highest BCUT2D eigenvalue weighted by Crippen LogP contribution is 2.34. The van der Waals surface area contributed by atoms with Crippen LogP contribution in [0.2, 0.25) is 0 Å². The Morgan fingerprint density at radius 3 is 2.57 bits per heavy atom. The van der Waals surface area contributed by atoms with E-state index in [2.05, 4.69) is 18.2 Å². The van der Waals surface area contributed by atoms with Crippen LogP contribution in [0.5, 0.6) is 5.75 Å². The molecule has 3 aromatic rings. The van der Waals surface area contributed by atoms with Gasteiger partial charge in [0.25, 0.3) is 0 Å². The lowest BCUT2D eigenvalue weighted by atomic mass is 9.97. The van der Waals surface area contributed by atoms with Crippen LogP contribution in [0.25, 0.3) is 10.2 Å². The van der Waals surface area contributed by atoms with E-state index in [1.165, 1.54) is 9.71 Å². The van der Waals surface area contributed by atoms with Gasteiger partial charge in [-0.2, -0.15) is 0 Å². The molecule has 1 aromatic heterocycles. The minimum atomic E-state index is -0.0904. The Balaban J connectivity index is 1.33. The number of para-hydroxylation sites is 1. The summed E-state index contributed by atoms with van der Waals surface area (Å²) in [4.78, 5) is 20.8. The summed E-state index contributed by atoms with van der Waals surface area (Å²) in [6.45, 7) is 3.62. The largest absolute Gasteiger partial charge is 0.497 e. The maximum Gasteiger partial charge on any atom is 0.235 e. The van der Waals surface area contributed by atoms with Crippen molar-refractivity contribution in [1.82, 2.24) is 9.88 Å². The number of ether oxygens (including phenoxy) is 1. The first-order valence-corrected chi connectivity index (χ1v) is 11.3. The third kappa shape index (κ3) is 4.18. The van der Waals surface area contributed by atoms with Crippen molar-refractivity contribution in [2.75, 3.05) is 20.2 Å². The van der Waals surface area contributed by atoms with E-state index in [0.29, 0.717) is 5.92 Å². The molecular weight excluding hydrogens is 388 g/mol. The zero-order valence-electron chi connectivity index (χ0n) is 16.1. The van der Waals surface area contributed by atoms with Crippen molar-refractivity contribution in [2.45, 2.75) is 35.8 Å². The monoisotopic (exact) mass is 412 g/mol. The predicted octanol–water partition coefficient (Wildman–Crippen LogP) is 5.19. The third-order valence-electron chi connectivity index (χ3n) is 5.19. The van der Waals surface area contributed by atoms with Gasteiger partial charge in [0.2, 0.25) is 5.91 Å². The van der Waals surface area contributed by atoms with Gasteiger partial charge in [-0.3, -0.25) is 4.79 Å². The summed E-state index contributed by atoms with van der Waals surface area (Å²) in [5.74, 6) is 1.52. The van der Waals surface area contributed by atoms with E-state index in [-0.39, 0.29) is 11.2 Å².